The highest BCUT2D eigenvalue weighted by atomic mass is 16.3. The maximum Gasteiger partial charge on any atom is 0.187 e. The molecule has 0 amide bonds. The van der Waals surface area contributed by atoms with Gasteiger partial charge in [-0.25, -0.2) is 0 Å². The molecule has 1 aliphatic rings. The van der Waals surface area contributed by atoms with Crippen molar-refractivity contribution in [1.82, 2.24) is 0 Å². The van der Waals surface area contributed by atoms with E-state index in [0.717, 1.165) is 12.2 Å². The third kappa shape index (κ3) is 3.92. The van der Waals surface area contributed by atoms with Crippen LogP contribution in [0.25, 0.3) is 32.7 Å². The summed E-state index contributed by atoms with van der Waals surface area (Å²) < 4.78 is 0. The Hall–Kier alpha value is -3.60. The van der Waals surface area contributed by atoms with Gasteiger partial charge in [0.25, 0.3) is 0 Å². The van der Waals surface area contributed by atoms with Crippen molar-refractivity contribution in [2.75, 3.05) is 0 Å². The number of aliphatic hydroxyl groups is 2. The largest absolute Gasteiger partial charge is 0.382 e. The summed E-state index contributed by atoms with van der Waals surface area (Å²) in [6, 6.07) is 30.2. The fourth-order valence-corrected chi connectivity index (χ4v) is 3.51. The van der Waals surface area contributed by atoms with E-state index in [1.807, 2.05) is 0 Å². The highest BCUT2D eigenvalue weighted by molar-refractivity contribution is 6.09. The number of hydrogen-bond acceptors (Lipinski definition) is 4. The number of ketones is 2. The Labute approximate surface area is 173 Å². The Morgan fingerprint density at radius 1 is 0.567 bits per heavy atom. The third-order valence-electron chi connectivity index (χ3n) is 5.13. The number of benzene rings is 4. The predicted octanol–water partition coefficient (Wildman–Crippen LogP) is 4.08. The topological polar surface area (TPSA) is 74.6 Å². The molecule has 5 rings (SSSR count). The van der Waals surface area contributed by atoms with Gasteiger partial charge in [0.15, 0.2) is 11.6 Å². The van der Waals surface area contributed by atoms with Crippen LogP contribution >= 0.6 is 0 Å². The van der Waals surface area contributed by atoms with Gasteiger partial charge in [-0.05, 0) is 57.0 Å². The van der Waals surface area contributed by atoms with Crippen molar-refractivity contribution in [3.05, 3.63) is 97.1 Å². The highest BCUT2D eigenvalue weighted by Gasteiger charge is 2.30. The Morgan fingerprint density at radius 2 is 1.10 bits per heavy atom. The van der Waals surface area contributed by atoms with Crippen LogP contribution in [0.1, 0.15) is 0 Å². The molecule has 0 saturated heterocycles. The number of rotatable bonds is 1. The molecule has 4 aromatic rings. The van der Waals surface area contributed by atoms with Gasteiger partial charge in [-0.3, -0.25) is 9.59 Å². The Kier molecular flexibility index (Phi) is 5.53. The molecule has 4 aromatic carbocycles. The van der Waals surface area contributed by atoms with Gasteiger partial charge in [0.2, 0.25) is 0 Å². The molecule has 0 spiro atoms. The minimum Gasteiger partial charge on any atom is -0.382 e. The SMILES string of the molecule is O=C1C=CC(=O)C(O)C1O.c1ccc(-c2cccc3cc4ccccc4cc23)cc1. The Morgan fingerprint density at radius 3 is 1.73 bits per heavy atom. The van der Waals surface area contributed by atoms with Crippen molar-refractivity contribution in [3.8, 4) is 11.1 Å². The number of hydrogen-bond donors (Lipinski definition) is 2. The van der Waals surface area contributed by atoms with E-state index < -0.39 is 23.8 Å². The number of aliphatic hydroxyl groups excluding tert-OH is 2. The lowest BCUT2D eigenvalue weighted by Gasteiger charge is -2.15. The first-order valence-corrected chi connectivity index (χ1v) is 9.63. The van der Waals surface area contributed by atoms with E-state index in [1.165, 1.54) is 32.7 Å². The molecule has 0 radical (unpaired) electrons. The van der Waals surface area contributed by atoms with Crippen LogP contribution in [-0.2, 0) is 9.59 Å². The van der Waals surface area contributed by atoms with E-state index in [1.54, 1.807) is 0 Å². The zero-order valence-corrected chi connectivity index (χ0v) is 16.1. The lowest BCUT2D eigenvalue weighted by Crippen LogP contribution is -2.41. The molecular weight excluding hydrogens is 376 g/mol. The lowest BCUT2D eigenvalue weighted by atomic mass is 9.96. The molecular formula is C26H20O4. The zero-order valence-electron chi connectivity index (χ0n) is 16.1. The van der Waals surface area contributed by atoms with Crippen molar-refractivity contribution in [2.45, 2.75) is 12.2 Å². The second kappa shape index (κ2) is 8.41. The van der Waals surface area contributed by atoms with E-state index in [0.29, 0.717) is 0 Å². The van der Waals surface area contributed by atoms with E-state index in [-0.39, 0.29) is 0 Å². The van der Waals surface area contributed by atoms with E-state index in [4.69, 9.17) is 10.2 Å². The number of carbonyl (C=O) groups excluding carboxylic acids is 2. The van der Waals surface area contributed by atoms with Crippen molar-refractivity contribution < 1.29 is 19.8 Å². The van der Waals surface area contributed by atoms with Gasteiger partial charge in [0, 0.05) is 0 Å². The number of fused-ring (bicyclic) bond motifs is 2. The molecule has 2 unspecified atom stereocenters. The fourth-order valence-electron chi connectivity index (χ4n) is 3.51. The molecule has 2 atom stereocenters. The minimum absolute atomic E-state index is 0.632. The molecule has 0 aliphatic heterocycles. The van der Waals surface area contributed by atoms with Crippen LogP contribution in [0.15, 0.2) is 97.1 Å². The van der Waals surface area contributed by atoms with Gasteiger partial charge in [-0.1, -0.05) is 72.8 Å². The monoisotopic (exact) mass is 396 g/mol. The lowest BCUT2D eigenvalue weighted by molar-refractivity contribution is -0.139. The van der Waals surface area contributed by atoms with E-state index in [9.17, 15) is 9.59 Å². The zero-order chi connectivity index (χ0) is 21.1. The quantitative estimate of drug-likeness (QED) is 0.476. The summed E-state index contributed by atoms with van der Waals surface area (Å²) in [6.07, 6.45) is -1.23. The van der Waals surface area contributed by atoms with Crippen molar-refractivity contribution in [3.63, 3.8) is 0 Å². The van der Waals surface area contributed by atoms with Crippen molar-refractivity contribution in [2.24, 2.45) is 0 Å². The summed E-state index contributed by atoms with van der Waals surface area (Å²) in [5, 5.41) is 22.7. The van der Waals surface area contributed by atoms with Crippen LogP contribution in [0.2, 0.25) is 0 Å². The molecule has 0 fully saturated rings. The maximum absolute atomic E-state index is 10.5. The second-order valence-corrected chi connectivity index (χ2v) is 7.12. The molecule has 2 N–H and O–H groups in total. The van der Waals surface area contributed by atoms with Crippen LogP contribution in [0.4, 0.5) is 0 Å². The van der Waals surface area contributed by atoms with Crippen molar-refractivity contribution in [1.29, 1.82) is 0 Å². The molecule has 148 valence electrons. The summed E-state index contributed by atoms with van der Waals surface area (Å²) in [5.41, 5.74) is 2.57. The molecule has 0 saturated carbocycles. The molecule has 0 heterocycles. The van der Waals surface area contributed by atoms with Gasteiger partial charge >= 0.3 is 0 Å². The summed E-state index contributed by atoms with van der Waals surface area (Å²) in [4.78, 5) is 21.0. The molecule has 0 aromatic heterocycles. The third-order valence-corrected chi connectivity index (χ3v) is 5.13. The first-order valence-electron chi connectivity index (χ1n) is 9.63. The summed E-state index contributed by atoms with van der Waals surface area (Å²) in [5.74, 6) is -1.26. The second-order valence-electron chi connectivity index (χ2n) is 7.12. The van der Waals surface area contributed by atoms with Crippen LogP contribution in [0.3, 0.4) is 0 Å². The minimum atomic E-state index is -1.57. The van der Waals surface area contributed by atoms with Gasteiger partial charge in [0.05, 0.1) is 0 Å². The average molecular weight is 396 g/mol. The van der Waals surface area contributed by atoms with Gasteiger partial charge in [-0.2, -0.15) is 0 Å². The van der Waals surface area contributed by atoms with Crippen LogP contribution in [0, 0.1) is 0 Å². The van der Waals surface area contributed by atoms with E-state index >= 15 is 0 Å². The standard InChI is InChI=1S/C20H14.C6H6O4/c1-2-7-15(8-3-1)19-12-6-11-18-13-16-9-4-5-10-17(16)14-20(18)19;7-3-1-2-4(8)6(10)5(3)9/h1-14H;1-2,5-6,9-10H. The summed E-state index contributed by atoms with van der Waals surface area (Å²) in [6.45, 7) is 0. The molecule has 4 nitrogen and oxygen atoms in total. The Bertz CT molecular complexity index is 1240. The normalized spacial score (nSPS) is 18.3. The average Bonchev–Trinajstić information content (AvgIpc) is 2.79. The molecule has 4 heteroatoms. The number of carbonyl (C=O) groups is 2. The van der Waals surface area contributed by atoms with Gasteiger partial charge in [-0.15, -0.1) is 0 Å². The van der Waals surface area contributed by atoms with E-state index in [2.05, 4.69) is 84.9 Å². The van der Waals surface area contributed by atoms with Crippen LogP contribution in [-0.4, -0.2) is 34.0 Å². The first-order chi connectivity index (χ1) is 14.5. The maximum atomic E-state index is 10.5. The molecule has 0 bridgehead atoms. The first kappa shape index (κ1) is 19.7. The Balaban J connectivity index is 0.000000185. The van der Waals surface area contributed by atoms with Crippen molar-refractivity contribution >= 4 is 33.1 Å². The fraction of sp³-hybridized carbons (Fsp3) is 0.0769. The highest BCUT2D eigenvalue weighted by Crippen LogP contribution is 2.31. The summed E-state index contributed by atoms with van der Waals surface area (Å²) in [7, 11) is 0. The predicted molar refractivity (Wildman–Crippen MR) is 118 cm³/mol. The van der Waals surface area contributed by atoms with Gasteiger partial charge < -0.3 is 10.2 Å². The molecule has 1 aliphatic carbocycles. The van der Waals surface area contributed by atoms with Gasteiger partial charge in [0.1, 0.15) is 12.2 Å². The summed E-state index contributed by atoms with van der Waals surface area (Å²) >= 11 is 0. The van der Waals surface area contributed by atoms with Crippen LogP contribution in [0.5, 0.6) is 0 Å². The van der Waals surface area contributed by atoms with Crippen LogP contribution < -0.4 is 0 Å². The smallest absolute Gasteiger partial charge is 0.187 e. The molecule has 30 heavy (non-hydrogen) atoms.